The molecule has 1 aromatic rings. The Morgan fingerprint density at radius 2 is 1.47 bits per heavy atom. The number of benzene rings is 1. The zero-order valence-electron chi connectivity index (χ0n) is 11.0. The number of aliphatic hydroxyl groups is 2. The summed E-state index contributed by atoms with van der Waals surface area (Å²) in [4.78, 5) is 0. The monoisotopic (exact) mass is 267 g/mol. The molecule has 2 rings (SSSR count). The maximum atomic E-state index is 8.98. The topological polar surface area (TPSA) is 93.0 Å². The Bertz CT molecular complexity index is 333. The highest BCUT2D eigenvalue weighted by Gasteiger charge is 2.29. The van der Waals surface area contributed by atoms with Gasteiger partial charge in [-0.1, -0.05) is 24.3 Å². The highest BCUT2D eigenvalue weighted by molar-refractivity contribution is 6.43. The fourth-order valence-electron chi connectivity index (χ4n) is 2.09. The third-order valence-electron chi connectivity index (χ3n) is 3.08. The second kappa shape index (κ2) is 9.06. The van der Waals surface area contributed by atoms with Crippen molar-refractivity contribution in [2.75, 3.05) is 26.3 Å². The van der Waals surface area contributed by atoms with Crippen molar-refractivity contribution in [1.82, 2.24) is 5.32 Å². The van der Waals surface area contributed by atoms with Crippen LogP contribution in [0.25, 0.3) is 0 Å². The molecule has 0 radical (unpaired) electrons. The van der Waals surface area contributed by atoms with Gasteiger partial charge in [0.2, 0.25) is 0 Å². The minimum absolute atomic E-state index is 0.00222. The molecule has 19 heavy (non-hydrogen) atoms. The molecule has 0 saturated carbocycles. The van der Waals surface area contributed by atoms with Crippen LogP contribution in [0.3, 0.4) is 0 Å². The van der Waals surface area contributed by atoms with E-state index in [-0.39, 0.29) is 19.0 Å². The Hall–Kier alpha value is -0.915. The fourth-order valence-corrected chi connectivity index (χ4v) is 2.09. The van der Waals surface area contributed by atoms with Gasteiger partial charge in [-0.25, -0.2) is 0 Å². The average Bonchev–Trinajstić information content (AvgIpc) is 2.84. The van der Waals surface area contributed by atoms with E-state index in [0.29, 0.717) is 13.1 Å². The van der Waals surface area contributed by atoms with E-state index in [1.807, 2.05) is 12.1 Å². The van der Waals surface area contributed by atoms with Gasteiger partial charge in [-0.3, -0.25) is 0 Å². The van der Waals surface area contributed by atoms with Gasteiger partial charge in [0.25, 0.3) is 0 Å². The molecule has 0 amide bonds. The van der Waals surface area contributed by atoms with Gasteiger partial charge in [-0.15, -0.1) is 0 Å². The molecule has 0 fully saturated rings. The van der Waals surface area contributed by atoms with Crippen molar-refractivity contribution >= 4 is 7.12 Å². The maximum Gasteiger partial charge on any atom is 0.455 e. The zero-order chi connectivity index (χ0) is 14.1. The predicted molar refractivity (Wildman–Crippen MR) is 74.8 cm³/mol. The average molecular weight is 267 g/mol. The van der Waals surface area contributed by atoms with Crippen molar-refractivity contribution in [3.63, 3.8) is 0 Å². The van der Waals surface area contributed by atoms with Crippen molar-refractivity contribution in [3.8, 4) is 0 Å². The van der Waals surface area contributed by atoms with Gasteiger partial charge < -0.3 is 25.6 Å². The summed E-state index contributed by atoms with van der Waals surface area (Å²) in [5.41, 5.74) is 2.52. The maximum absolute atomic E-state index is 8.98. The molecular formula is C13H22BNO4. The lowest BCUT2D eigenvalue weighted by atomic mass is 9.71. The second-order valence-electron chi connectivity index (χ2n) is 4.55. The number of hydrogen-bond acceptors (Lipinski definition) is 5. The van der Waals surface area contributed by atoms with Crippen LogP contribution in [-0.2, 0) is 12.8 Å². The smallest absolute Gasteiger partial charge is 0.427 e. The summed E-state index contributed by atoms with van der Waals surface area (Å²) >= 11 is 0. The van der Waals surface area contributed by atoms with Gasteiger partial charge in [-0.2, -0.15) is 0 Å². The van der Waals surface area contributed by atoms with E-state index in [1.54, 1.807) is 0 Å². The lowest BCUT2D eigenvalue weighted by molar-refractivity contribution is 0.266. The summed E-state index contributed by atoms with van der Waals surface area (Å²) in [6.45, 7) is 1.42. The van der Waals surface area contributed by atoms with E-state index in [2.05, 4.69) is 17.4 Å². The van der Waals surface area contributed by atoms with Crippen LogP contribution in [0.2, 0.25) is 5.82 Å². The minimum atomic E-state index is -1.17. The largest absolute Gasteiger partial charge is 0.455 e. The lowest BCUT2D eigenvalue weighted by Crippen LogP contribution is -2.21. The molecule has 5 nitrogen and oxygen atoms in total. The Balaban J connectivity index is 0.000000224. The van der Waals surface area contributed by atoms with Gasteiger partial charge in [-0.05, 0) is 24.0 Å². The second-order valence-corrected chi connectivity index (χ2v) is 4.55. The number of rotatable bonds is 5. The third-order valence-corrected chi connectivity index (χ3v) is 3.08. The summed E-state index contributed by atoms with van der Waals surface area (Å²) in [6, 6.07) is 8.09. The number of fused-ring (bicyclic) bond motifs is 1. The van der Waals surface area contributed by atoms with Crippen molar-refractivity contribution in [2.45, 2.75) is 18.7 Å². The summed E-state index contributed by atoms with van der Waals surface area (Å²) < 4.78 is 0. The van der Waals surface area contributed by atoms with Gasteiger partial charge in [0.1, 0.15) is 0 Å². The standard InChI is InChI=1S/C9H11BO2.C4H11NO2/c11-10(12)9-5-7-3-1-2-4-8(7)6-9;6-3-1-5-2-4-7/h1-4,9,11-12H,5-6H2;5-7H,1-4H2. The SMILES string of the molecule is OB(O)C1Cc2ccccc2C1.OCCNCCO. The number of hydrogen-bond donors (Lipinski definition) is 5. The van der Waals surface area contributed by atoms with E-state index >= 15 is 0 Å². The summed E-state index contributed by atoms with van der Waals surface area (Å²) in [6.07, 6.45) is 1.60. The molecule has 0 aliphatic heterocycles. The van der Waals surface area contributed by atoms with Crippen LogP contribution in [0.5, 0.6) is 0 Å². The molecule has 1 aliphatic rings. The van der Waals surface area contributed by atoms with Crippen molar-refractivity contribution in [1.29, 1.82) is 0 Å². The van der Waals surface area contributed by atoms with Crippen LogP contribution in [0.15, 0.2) is 24.3 Å². The highest BCUT2D eigenvalue weighted by Crippen LogP contribution is 2.30. The van der Waals surface area contributed by atoms with Crippen LogP contribution in [-0.4, -0.2) is 53.7 Å². The molecule has 0 unspecified atom stereocenters. The first kappa shape index (κ1) is 16.1. The van der Waals surface area contributed by atoms with Crippen LogP contribution >= 0.6 is 0 Å². The third kappa shape index (κ3) is 5.71. The van der Waals surface area contributed by atoms with E-state index in [4.69, 9.17) is 20.3 Å². The lowest BCUT2D eigenvalue weighted by Gasteiger charge is -2.04. The zero-order valence-corrected chi connectivity index (χ0v) is 11.0. The first-order chi connectivity index (χ1) is 9.19. The summed E-state index contributed by atoms with van der Waals surface area (Å²) in [7, 11) is -1.17. The normalized spacial score (nSPS) is 13.7. The molecule has 106 valence electrons. The van der Waals surface area contributed by atoms with Gasteiger partial charge >= 0.3 is 7.12 Å². The Kier molecular flexibility index (Phi) is 7.70. The molecule has 6 heteroatoms. The molecule has 1 aliphatic carbocycles. The van der Waals surface area contributed by atoms with E-state index in [0.717, 1.165) is 12.8 Å². The van der Waals surface area contributed by atoms with Crippen LogP contribution in [0.1, 0.15) is 11.1 Å². The molecule has 0 atom stereocenters. The van der Waals surface area contributed by atoms with E-state index < -0.39 is 7.12 Å². The van der Waals surface area contributed by atoms with E-state index in [9.17, 15) is 0 Å². The first-order valence-corrected chi connectivity index (χ1v) is 6.54. The molecule has 0 saturated heterocycles. The summed E-state index contributed by atoms with van der Waals surface area (Å²) in [5, 5.41) is 37.0. The Morgan fingerprint density at radius 1 is 1.00 bits per heavy atom. The number of aliphatic hydroxyl groups excluding tert-OH is 2. The molecule has 1 aromatic carbocycles. The fraction of sp³-hybridized carbons (Fsp3) is 0.538. The quantitative estimate of drug-likeness (QED) is 0.355. The van der Waals surface area contributed by atoms with Gasteiger partial charge in [0.15, 0.2) is 0 Å². The molecule has 5 N–H and O–H groups in total. The molecular weight excluding hydrogens is 245 g/mol. The van der Waals surface area contributed by atoms with Crippen molar-refractivity contribution in [3.05, 3.63) is 35.4 Å². The van der Waals surface area contributed by atoms with Crippen LogP contribution in [0, 0.1) is 0 Å². The Morgan fingerprint density at radius 3 is 1.84 bits per heavy atom. The Labute approximate surface area is 114 Å². The van der Waals surface area contributed by atoms with Crippen LogP contribution < -0.4 is 5.32 Å². The van der Waals surface area contributed by atoms with Crippen molar-refractivity contribution < 1.29 is 20.3 Å². The molecule has 0 heterocycles. The molecule has 0 aromatic heterocycles. The number of nitrogens with one attached hydrogen (secondary N) is 1. The molecule has 0 bridgehead atoms. The van der Waals surface area contributed by atoms with Gasteiger partial charge in [0.05, 0.1) is 13.2 Å². The molecule has 0 spiro atoms. The van der Waals surface area contributed by atoms with Crippen molar-refractivity contribution in [2.24, 2.45) is 0 Å². The van der Waals surface area contributed by atoms with Crippen LogP contribution in [0.4, 0.5) is 0 Å². The van der Waals surface area contributed by atoms with Gasteiger partial charge in [0, 0.05) is 18.9 Å². The highest BCUT2D eigenvalue weighted by atomic mass is 16.4. The van der Waals surface area contributed by atoms with E-state index in [1.165, 1.54) is 11.1 Å². The predicted octanol–water partition coefficient (Wildman–Crippen LogP) is -0.811. The summed E-state index contributed by atoms with van der Waals surface area (Å²) in [5.74, 6) is 0.00222. The first-order valence-electron chi connectivity index (χ1n) is 6.54. The minimum Gasteiger partial charge on any atom is -0.427 e.